The van der Waals surface area contributed by atoms with Gasteiger partial charge in [-0.3, -0.25) is 4.79 Å². The van der Waals surface area contributed by atoms with Crippen molar-refractivity contribution in [2.45, 2.75) is 18.2 Å². The Balaban J connectivity index is 1.61. The third-order valence-corrected chi connectivity index (χ3v) is 4.73. The second-order valence-electron chi connectivity index (χ2n) is 5.38. The predicted molar refractivity (Wildman–Crippen MR) is 100 cm³/mol. The van der Waals surface area contributed by atoms with Crippen LogP contribution in [0.25, 0.3) is 5.82 Å². The van der Waals surface area contributed by atoms with E-state index in [9.17, 15) is 4.79 Å². The molecule has 0 saturated carbocycles. The summed E-state index contributed by atoms with van der Waals surface area (Å²) in [7, 11) is 0. The van der Waals surface area contributed by atoms with E-state index >= 15 is 0 Å². The van der Waals surface area contributed by atoms with Crippen LogP contribution in [-0.2, 0) is 6.42 Å². The Morgan fingerprint density at radius 3 is 2.68 bits per heavy atom. The molecular weight excluding hydrogens is 332 g/mol. The quantitative estimate of drug-likeness (QED) is 0.523. The molecule has 0 aliphatic rings. The molecular formula is C19H20N4OS. The van der Waals surface area contributed by atoms with Gasteiger partial charge in [-0.15, -0.1) is 11.8 Å². The van der Waals surface area contributed by atoms with Crippen LogP contribution >= 0.6 is 11.8 Å². The minimum Gasteiger partial charge on any atom is -0.351 e. The minimum absolute atomic E-state index is 0.0901. The average Bonchev–Trinajstić information content (AvgIpc) is 3.11. The van der Waals surface area contributed by atoms with E-state index in [4.69, 9.17) is 0 Å². The lowest BCUT2D eigenvalue weighted by Crippen LogP contribution is -2.26. The van der Waals surface area contributed by atoms with E-state index in [0.717, 1.165) is 17.3 Å². The van der Waals surface area contributed by atoms with Crippen LogP contribution in [0.3, 0.4) is 0 Å². The van der Waals surface area contributed by atoms with Crippen molar-refractivity contribution in [1.29, 1.82) is 0 Å². The van der Waals surface area contributed by atoms with Gasteiger partial charge in [0.05, 0.1) is 17.5 Å². The Morgan fingerprint density at radius 2 is 1.96 bits per heavy atom. The van der Waals surface area contributed by atoms with Crippen molar-refractivity contribution < 1.29 is 4.79 Å². The number of hydrogen-bond acceptors (Lipinski definition) is 4. The van der Waals surface area contributed by atoms with E-state index in [1.54, 1.807) is 28.8 Å². The molecule has 0 saturated heterocycles. The van der Waals surface area contributed by atoms with E-state index in [1.165, 1.54) is 4.90 Å². The summed E-state index contributed by atoms with van der Waals surface area (Å²) in [5, 5.41) is 7.32. The monoisotopic (exact) mass is 352 g/mol. The van der Waals surface area contributed by atoms with E-state index in [-0.39, 0.29) is 5.91 Å². The maximum atomic E-state index is 12.5. The molecule has 0 radical (unpaired) electrons. The van der Waals surface area contributed by atoms with Crippen LogP contribution in [0, 0.1) is 0 Å². The van der Waals surface area contributed by atoms with E-state index < -0.39 is 0 Å². The van der Waals surface area contributed by atoms with E-state index in [0.29, 0.717) is 18.5 Å². The van der Waals surface area contributed by atoms with E-state index in [2.05, 4.69) is 27.5 Å². The number of hydrogen-bond donors (Lipinski definition) is 1. The Labute approximate surface area is 151 Å². The van der Waals surface area contributed by atoms with Gasteiger partial charge in [0.1, 0.15) is 0 Å². The highest BCUT2D eigenvalue weighted by atomic mass is 32.2. The molecule has 1 N–H and O–H groups in total. The lowest BCUT2D eigenvalue weighted by molar-refractivity contribution is 0.0955. The van der Waals surface area contributed by atoms with Crippen molar-refractivity contribution in [3.8, 4) is 5.82 Å². The lowest BCUT2D eigenvalue weighted by atomic mass is 10.2. The summed E-state index contributed by atoms with van der Waals surface area (Å²) >= 11 is 1.72. The van der Waals surface area contributed by atoms with Crippen LogP contribution in [0.5, 0.6) is 0 Å². The molecule has 0 bridgehead atoms. The summed E-state index contributed by atoms with van der Waals surface area (Å²) in [5.74, 6) is 1.46. The zero-order chi connectivity index (χ0) is 17.5. The number of thioether (sulfide) groups is 1. The summed E-state index contributed by atoms with van der Waals surface area (Å²) in [6, 6.07) is 15.8. The molecule has 0 aliphatic carbocycles. The fourth-order valence-corrected chi connectivity index (χ4v) is 3.31. The lowest BCUT2D eigenvalue weighted by Gasteiger charge is -2.08. The fraction of sp³-hybridized carbons (Fsp3) is 0.211. The minimum atomic E-state index is -0.0901. The first kappa shape index (κ1) is 17.2. The largest absolute Gasteiger partial charge is 0.351 e. The number of nitrogens with one attached hydrogen (secondary N) is 1. The summed E-state index contributed by atoms with van der Waals surface area (Å²) in [5.41, 5.74) is 1.48. The van der Waals surface area contributed by atoms with Gasteiger partial charge in [-0.25, -0.2) is 9.67 Å². The second-order valence-corrected chi connectivity index (χ2v) is 6.54. The van der Waals surface area contributed by atoms with Crippen LogP contribution in [0.1, 0.15) is 23.0 Å². The molecule has 0 unspecified atom stereocenters. The molecule has 1 amide bonds. The molecule has 25 heavy (non-hydrogen) atoms. The van der Waals surface area contributed by atoms with Crippen LogP contribution in [0.4, 0.5) is 0 Å². The predicted octanol–water partition coefficient (Wildman–Crippen LogP) is 3.35. The van der Waals surface area contributed by atoms with Gasteiger partial charge in [-0.1, -0.05) is 31.2 Å². The van der Waals surface area contributed by atoms with Gasteiger partial charge >= 0.3 is 0 Å². The topological polar surface area (TPSA) is 59.8 Å². The van der Waals surface area contributed by atoms with Gasteiger partial charge in [0, 0.05) is 23.4 Å². The normalized spacial score (nSPS) is 10.6. The summed E-state index contributed by atoms with van der Waals surface area (Å²) in [6.07, 6.45) is 4.04. The Kier molecular flexibility index (Phi) is 5.85. The van der Waals surface area contributed by atoms with Crippen LogP contribution in [0.15, 0.2) is 65.8 Å². The number of carbonyl (C=O) groups excluding carboxylic acids is 1. The van der Waals surface area contributed by atoms with Gasteiger partial charge in [0.15, 0.2) is 5.82 Å². The molecule has 3 aromatic rings. The Morgan fingerprint density at radius 1 is 1.16 bits per heavy atom. The highest BCUT2D eigenvalue weighted by molar-refractivity contribution is 7.99. The summed E-state index contributed by atoms with van der Waals surface area (Å²) < 4.78 is 1.73. The maximum absolute atomic E-state index is 12.5. The van der Waals surface area contributed by atoms with Crippen LogP contribution in [0.2, 0.25) is 0 Å². The number of benzene rings is 1. The van der Waals surface area contributed by atoms with Crippen LogP contribution in [-0.4, -0.2) is 33.0 Å². The van der Waals surface area contributed by atoms with Crippen molar-refractivity contribution in [1.82, 2.24) is 20.1 Å². The molecule has 1 aromatic carbocycles. The average molecular weight is 352 g/mol. The molecule has 0 spiro atoms. The second kappa shape index (κ2) is 8.48. The van der Waals surface area contributed by atoms with Crippen molar-refractivity contribution in [3.63, 3.8) is 0 Å². The molecule has 5 nitrogen and oxygen atoms in total. The number of aromatic nitrogens is 3. The number of amides is 1. The maximum Gasteiger partial charge on any atom is 0.254 e. The molecule has 6 heteroatoms. The molecule has 0 aliphatic heterocycles. The summed E-state index contributed by atoms with van der Waals surface area (Å²) in [4.78, 5) is 18.0. The first-order chi connectivity index (χ1) is 12.3. The SMILES string of the molecule is CCc1c(C(=O)NCCSc2ccccc2)cnn1-c1ccccn1. The standard InChI is InChI=1S/C19H20N4OS/c1-2-17-16(14-22-23(17)18-10-6-7-11-20-18)19(24)21-12-13-25-15-8-4-3-5-9-15/h3-11,14H,2,12-13H2,1H3,(H,21,24). The Hall–Kier alpha value is -2.60. The Bertz CT molecular complexity index is 818. The third kappa shape index (κ3) is 4.28. The molecule has 2 heterocycles. The summed E-state index contributed by atoms with van der Waals surface area (Å²) in [6.45, 7) is 2.62. The fourth-order valence-electron chi connectivity index (χ4n) is 2.53. The van der Waals surface area contributed by atoms with Gasteiger partial charge in [-0.05, 0) is 30.7 Å². The third-order valence-electron chi connectivity index (χ3n) is 3.71. The first-order valence-electron chi connectivity index (χ1n) is 8.24. The smallest absolute Gasteiger partial charge is 0.254 e. The molecule has 0 fully saturated rings. The molecule has 128 valence electrons. The molecule has 3 rings (SSSR count). The number of carbonyl (C=O) groups is 1. The zero-order valence-corrected chi connectivity index (χ0v) is 14.9. The van der Waals surface area contributed by atoms with Crippen molar-refractivity contribution in [2.75, 3.05) is 12.3 Å². The van der Waals surface area contributed by atoms with E-state index in [1.807, 2.05) is 43.3 Å². The highest BCUT2D eigenvalue weighted by Crippen LogP contribution is 2.16. The van der Waals surface area contributed by atoms with Crippen molar-refractivity contribution in [3.05, 3.63) is 72.2 Å². The molecule has 0 atom stereocenters. The number of nitrogens with zero attached hydrogens (tertiary/aromatic N) is 3. The highest BCUT2D eigenvalue weighted by Gasteiger charge is 2.17. The van der Waals surface area contributed by atoms with Crippen LogP contribution < -0.4 is 5.32 Å². The van der Waals surface area contributed by atoms with Crippen molar-refractivity contribution >= 4 is 17.7 Å². The van der Waals surface area contributed by atoms with Gasteiger partial charge in [0.25, 0.3) is 5.91 Å². The zero-order valence-electron chi connectivity index (χ0n) is 14.1. The van der Waals surface area contributed by atoms with Gasteiger partial charge in [-0.2, -0.15) is 5.10 Å². The number of pyridine rings is 1. The number of rotatable bonds is 7. The van der Waals surface area contributed by atoms with Gasteiger partial charge < -0.3 is 5.32 Å². The van der Waals surface area contributed by atoms with Crippen molar-refractivity contribution in [2.24, 2.45) is 0 Å². The van der Waals surface area contributed by atoms with Gasteiger partial charge in [0.2, 0.25) is 0 Å². The first-order valence-corrected chi connectivity index (χ1v) is 9.22. The molecule has 2 aromatic heterocycles.